The molecule has 0 radical (unpaired) electrons. The number of aryl methyl sites for hydroxylation is 1. The molecule has 18 heavy (non-hydrogen) atoms. The Bertz CT molecular complexity index is 456. The van der Waals surface area contributed by atoms with Gasteiger partial charge in [0, 0.05) is 11.6 Å². The highest BCUT2D eigenvalue weighted by Crippen LogP contribution is 2.17. The van der Waals surface area contributed by atoms with Gasteiger partial charge < -0.3 is 15.5 Å². The molecule has 0 spiro atoms. The number of carbonyl (C=O) groups is 2. The SMILES string of the molecule is CCC(CC(=O)O)NC(=O)c1ccc(C)c(O)c1. The van der Waals surface area contributed by atoms with Gasteiger partial charge in [0.1, 0.15) is 5.75 Å². The van der Waals surface area contributed by atoms with E-state index in [-0.39, 0.29) is 18.1 Å². The van der Waals surface area contributed by atoms with E-state index >= 15 is 0 Å². The van der Waals surface area contributed by atoms with Crippen LogP contribution in [0, 0.1) is 6.92 Å². The van der Waals surface area contributed by atoms with E-state index in [1.807, 2.05) is 0 Å². The second-order valence-corrected chi connectivity index (χ2v) is 4.18. The minimum absolute atomic E-state index is 0.0499. The first-order valence-electron chi connectivity index (χ1n) is 5.76. The van der Waals surface area contributed by atoms with Gasteiger partial charge in [-0.1, -0.05) is 13.0 Å². The Morgan fingerprint density at radius 2 is 2.06 bits per heavy atom. The molecule has 5 nitrogen and oxygen atoms in total. The summed E-state index contributed by atoms with van der Waals surface area (Å²) in [6.07, 6.45) is 0.427. The largest absolute Gasteiger partial charge is 0.508 e. The summed E-state index contributed by atoms with van der Waals surface area (Å²) in [7, 11) is 0. The molecular formula is C13H17NO4. The maximum atomic E-state index is 11.8. The summed E-state index contributed by atoms with van der Waals surface area (Å²) in [5.41, 5.74) is 1.01. The lowest BCUT2D eigenvalue weighted by atomic mass is 10.1. The molecule has 0 heterocycles. The second-order valence-electron chi connectivity index (χ2n) is 4.18. The molecule has 0 fully saturated rings. The molecule has 1 amide bonds. The van der Waals surface area contributed by atoms with Crippen LogP contribution in [-0.2, 0) is 4.79 Å². The van der Waals surface area contributed by atoms with Gasteiger partial charge >= 0.3 is 5.97 Å². The van der Waals surface area contributed by atoms with E-state index in [0.29, 0.717) is 17.5 Å². The van der Waals surface area contributed by atoms with E-state index in [2.05, 4.69) is 5.32 Å². The summed E-state index contributed by atoms with van der Waals surface area (Å²) in [4.78, 5) is 22.4. The van der Waals surface area contributed by atoms with E-state index in [0.717, 1.165) is 0 Å². The molecule has 1 aromatic rings. The fourth-order valence-electron chi connectivity index (χ4n) is 1.53. The lowest BCUT2D eigenvalue weighted by Crippen LogP contribution is -2.36. The van der Waals surface area contributed by atoms with Crippen molar-refractivity contribution in [2.24, 2.45) is 0 Å². The number of benzene rings is 1. The summed E-state index contributed by atoms with van der Waals surface area (Å²) in [5, 5.41) is 20.8. The van der Waals surface area contributed by atoms with Gasteiger partial charge in [-0.3, -0.25) is 9.59 Å². The molecule has 1 unspecified atom stereocenters. The number of aromatic hydroxyl groups is 1. The third kappa shape index (κ3) is 3.76. The first kappa shape index (κ1) is 14.0. The average molecular weight is 251 g/mol. The smallest absolute Gasteiger partial charge is 0.305 e. The van der Waals surface area contributed by atoms with Crippen molar-refractivity contribution in [3.05, 3.63) is 29.3 Å². The molecule has 0 bridgehead atoms. The molecule has 3 N–H and O–H groups in total. The highest BCUT2D eigenvalue weighted by molar-refractivity contribution is 5.95. The van der Waals surface area contributed by atoms with Crippen molar-refractivity contribution in [2.75, 3.05) is 0 Å². The molecule has 0 aliphatic rings. The van der Waals surface area contributed by atoms with Crippen molar-refractivity contribution in [1.82, 2.24) is 5.32 Å². The van der Waals surface area contributed by atoms with Crippen molar-refractivity contribution in [2.45, 2.75) is 32.7 Å². The molecule has 0 aliphatic carbocycles. The van der Waals surface area contributed by atoms with Crippen molar-refractivity contribution in [3.63, 3.8) is 0 Å². The van der Waals surface area contributed by atoms with Crippen molar-refractivity contribution in [1.29, 1.82) is 0 Å². The van der Waals surface area contributed by atoms with E-state index in [1.165, 1.54) is 6.07 Å². The monoisotopic (exact) mass is 251 g/mol. The number of carboxylic acids is 1. The summed E-state index contributed by atoms with van der Waals surface area (Å²) >= 11 is 0. The third-order valence-corrected chi connectivity index (χ3v) is 2.72. The number of carboxylic acid groups (broad SMARTS) is 1. The Hall–Kier alpha value is -2.04. The van der Waals surface area contributed by atoms with Gasteiger partial charge in [-0.25, -0.2) is 0 Å². The molecule has 1 atom stereocenters. The van der Waals surface area contributed by atoms with Gasteiger partial charge in [-0.05, 0) is 31.0 Å². The molecule has 0 aliphatic heterocycles. The number of hydrogen-bond acceptors (Lipinski definition) is 3. The maximum absolute atomic E-state index is 11.8. The number of carbonyl (C=O) groups excluding carboxylic acids is 1. The molecule has 5 heteroatoms. The first-order chi connectivity index (χ1) is 8.43. The molecule has 1 rings (SSSR count). The van der Waals surface area contributed by atoms with Crippen LogP contribution in [0.5, 0.6) is 5.75 Å². The van der Waals surface area contributed by atoms with E-state index in [9.17, 15) is 14.7 Å². The highest BCUT2D eigenvalue weighted by atomic mass is 16.4. The zero-order chi connectivity index (χ0) is 13.7. The van der Waals surface area contributed by atoms with Gasteiger partial charge in [-0.2, -0.15) is 0 Å². The summed E-state index contributed by atoms with van der Waals surface area (Å²) in [5.74, 6) is -1.28. The maximum Gasteiger partial charge on any atom is 0.305 e. The number of nitrogens with one attached hydrogen (secondary N) is 1. The molecular weight excluding hydrogens is 234 g/mol. The van der Waals surface area contributed by atoms with Crippen LogP contribution in [0.25, 0.3) is 0 Å². The molecule has 0 aromatic heterocycles. The average Bonchev–Trinajstić information content (AvgIpc) is 2.31. The summed E-state index contributed by atoms with van der Waals surface area (Å²) in [6.45, 7) is 3.54. The Balaban J connectivity index is 2.74. The van der Waals surface area contributed by atoms with Crippen molar-refractivity contribution < 1.29 is 19.8 Å². The molecule has 1 aromatic carbocycles. The van der Waals surface area contributed by atoms with Crippen LogP contribution in [0.4, 0.5) is 0 Å². The lowest BCUT2D eigenvalue weighted by Gasteiger charge is -2.15. The van der Waals surface area contributed by atoms with Gasteiger partial charge in [0.15, 0.2) is 0 Å². The quantitative estimate of drug-likeness (QED) is 0.743. The number of hydrogen-bond donors (Lipinski definition) is 3. The van der Waals surface area contributed by atoms with Crippen LogP contribution in [0.15, 0.2) is 18.2 Å². The topological polar surface area (TPSA) is 86.6 Å². The van der Waals surface area contributed by atoms with Crippen LogP contribution in [0.2, 0.25) is 0 Å². The molecule has 0 saturated heterocycles. The third-order valence-electron chi connectivity index (χ3n) is 2.72. The number of amides is 1. The van der Waals surface area contributed by atoms with Gasteiger partial charge in [-0.15, -0.1) is 0 Å². The van der Waals surface area contributed by atoms with E-state index in [4.69, 9.17) is 5.11 Å². The fourth-order valence-corrected chi connectivity index (χ4v) is 1.53. The highest BCUT2D eigenvalue weighted by Gasteiger charge is 2.15. The normalized spacial score (nSPS) is 11.9. The number of rotatable bonds is 5. The predicted molar refractivity (Wildman–Crippen MR) is 66.6 cm³/mol. The van der Waals surface area contributed by atoms with Crippen LogP contribution >= 0.6 is 0 Å². The zero-order valence-electron chi connectivity index (χ0n) is 10.4. The Morgan fingerprint density at radius 3 is 2.56 bits per heavy atom. The van der Waals surface area contributed by atoms with E-state index in [1.54, 1.807) is 26.0 Å². The van der Waals surface area contributed by atoms with Crippen LogP contribution in [0.1, 0.15) is 35.7 Å². The van der Waals surface area contributed by atoms with Crippen LogP contribution in [0.3, 0.4) is 0 Å². The molecule has 0 saturated carbocycles. The number of phenols is 1. The second kappa shape index (κ2) is 6.05. The van der Waals surface area contributed by atoms with Gasteiger partial charge in [0.25, 0.3) is 5.91 Å². The Morgan fingerprint density at radius 1 is 1.39 bits per heavy atom. The predicted octanol–water partition coefficient (Wildman–Crippen LogP) is 1.68. The summed E-state index contributed by atoms with van der Waals surface area (Å²) < 4.78 is 0. The first-order valence-corrected chi connectivity index (χ1v) is 5.76. The van der Waals surface area contributed by atoms with Gasteiger partial charge in [0.2, 0.25) is 0 Å². The van der Waals surface area contributed by atoms with Gasteiger partial charge in [0.05, 0.1) is 6.42 Å². The van der Waals surface area contributed by atoms with Crippen molar-refractivity contribution in [3.8, 4) is 5.75 Å². The minimum atomic E-state index is -0.950. The standard InChI is InChI=1S/C13H17NO4/c1-3-10(7-12(16)17)14-13(18)9-5-4-8(2)11(15)6-9/h4-6,10,15H,3,7H2,1-2H3,(H,14,18)(H,16,17). The number of aliphatic carboxylic acids is 1. The lowest BCUT2D eigenvalue weighted by molar-refractivity contribution is -0.137. The summed E-state index contributed by atoms with van der Waals surface area (Å²) in [6, 6.07) is 4.21. The van der Waals surface area contributed by atoms with Crippen molar-refractivity contribution >= 4 is 11.9 Å². The Kier molecular flexibility index (Phi) is 4.71. The van der Waals surface area contributed by atoms with Crippen LogP contribution < -0.4 is 5.32 Å². The van der Waals surface area contributed by atoms with E-state index < -0.39 is 12.0 Å². The molecule has 98 valence electrons. The fraction of sp³-hybridized carbons (Fsp3) is 0.385. The minimum Gasteiger partial charge on any atom is -0.508 e. The number of phenolic OH excluding ortho intramolecular Hbond substituents is 1. The van der Waals surface area contributed by atoms with Crippen LogP contribution in [-0.4, -0.2) is 28.1 Å². The Labute approximate surface area is 105 Å². The zero-order valence-corrected chi connectivity index (χ0v) is 10.4.